The smallest absolute Gasteiger partial charge is 0.223 e. The molecular weight excluding hydrogens is 240 g/mol. The zero-order valence-corrected chi connectivity index (χ0v) is 12.1. The molecule has 0 radical (unpaired) electrons. The van der Waals surface area contributed by atoms with Gasteiger partial charge in [-0.2, -0.15) is 0 Å². The molecule has 2 aliphatic rings. The lowest BCUT2D eigenvalue weighted by atomic mass is 9.84. The molecule has 4 heteroatoms. The van der Waals surface area contributed by atoms with Crippen LogP contribution in [0.3, 0.4) is 0 Å². The molecule has 2 unspecified atom stereocenters. The molecule has 1 amide bonds. The zero-order valence-electron chi connectivity index (χ0n) is 12.1. The predicted molar refractivity (Wildman–Crippen MR) is 75.8 cm³/mol. The number of piperidine rings is 1. The summed E-state index contributed by atoms with van der Waals surface area (Å²) in [6.45, 7) is 4.97. The van der Waals surface area contributed by atoms with Gasteiger partial charge in [-0.3, -0.25) is 4.79 Å². The Morgan fingerprint density at radius 3 is 2.68 bits per heavy atom. The maximum absolute atomic E-state index is 12.4. The van der Waals surface area contributed by atoms with Gasteiger partial charge in [0.2, 0.25) is 5.91 Å². The van der Waals surface area contributed by atoms with Crippen molar-refractivity contribution in [2.75, 3.05) is 26.2 Å². The van der Waals surface area contributed by atoms with Crippen LogP contribution < -0.4 is 5.32 Å². The normalized spacial score (nSPS) is 25.7. The van der Waals surface area contributed by atoms with Crippen molar-refractivity contribution in [1.82, 2.24) is 10.2 Å². The summed E-state index contributed by atoms with van der Waals surface area (Å²) in [6, 6.07) is 0.399. The number of hydrogen-bond acceptors (Lipinski definition) is 3. The Balaban J connectivity index is 1.82. The van der Waals surface area contributed by atoms with E-state index in [0.717, 1.165) is 25.9 Å². The van der Waals surface area contributed by atoms with E-state index in [-0.39, 0.29) is 12.5 Å². The quantitative estimate of drug-likeness (QED) is 0.765. The first-order valence-electron chi connectivity index (χ1n) is 7.83. The number of nitrogens with zero attached hydrogens (tertiary/aromatic N) is 1. The van der Waals surface area contributed by atoms with Crippen molar-refractivity contribution in [2.45, 2.75) is 51.5 Å². The van der Waals surface area contributed by atoms with Gasteiger partial charge in [-0.1, -0.05) is 6.92 Å². The molecule has 1 saturated heterocycles. The van der Waals surface area contributed by atoms with Gasteiger partial charge in [-0.25, -0.2) is 0 Å². The number of carbonyl (C=O) groups is 1. The van der Waals surface area contributed by atoms with E-state index < -0.39 is 0 Å². The predicted octanol–water partition coefficient (Wildman–Crippen LogP) is 1.39. The summed E-state index contributed by atoms with van der Waals surface area (Å²) < 4.78 is 0. The standard InChI is InChI=1S/C15H28N2O2/c1-12(13-4-3-7-16-11-13)10-15(19)17(8-9-18)14-5-2-6-14/h12-14,16,18H,2-11H2,1H3. The largest absolute Gasteiger partial charge is 0.395 e. The van der Waals surface area contributed by atoms with Gasteiger partial charge in [-0.05, 0) is 57.0 Å². The van der Waals surface area contributed by atoms with E-state index >= 15 is 0 Å². The van der Waals surface area contributed by atoms with Crippen LogP contribution in [0.2, 0.25) is 0 Å². The van der Waals surface area contributed by atoms with Crippen molar-refractivity contribution in [3.05, 3.63) is 0 Å². The highest BCUT2D eigenvalue weighted by atomic mass is 16.3. The molecule has 0 aromatic rings. The molecule has 2 rings (SSSR count). The van der Waals surface area contributed by atoms with Gasteiger partial charge >= 0.3 is 0 Å². The Morgan fingerprint density at radius 2 is 2.16 bits per heavy atom. The van der Waals surface area contributed by atoms with E-state index in [2.05, 4.69) is 12.2 Å². The third kappa shape index (κ3) is 3.93. The summed E-state index contributed by atoms with van der Waals surface area (Å²) in [5.41, 5.74) is 0. The lowest BCUT2D eigenvalue weighted by molar-refractivity contribution is -0.137. The van der Waals surface area contributed by atoms with E-state index in [4.69, 9.17) is 5.11 Å². The molecular formula is C15H28N2O2. The monoisotopic (exact) mass is 268 g/mol. The maximum atomic E-state index is 12.4. The first kappa shape index (κ1) is 14.8. The molecule has 1 aliphatic heterocycles. The lowest BCUT2D eigenvalue weighted by Gasteiger charge is -2.38. The van der Waals surface area contributed by atoms with Gasteiger partial charge in [0.25, 0.3) is 0 Å². The maximum Gasteiger partial charge on any atom is 0.223 e. The third-order valence-corrected chi connectivity index (χ3v) is 4.81. The van der Waals surface area contributed by atoms with Crippen LogP contribution in [0.4, 0.5) is 0 Å². The topological polar surface area (TPSA) is 52.6 Å². The fourth-order valence-corrected chi connectivity index (χ4v) is 3.24. The molecule has 0 spiro atoms. The Hall–Kier alpha value is -0.610. The van der Waals surface area contributed by atoms with Crippen LogP contribution in [0, 0.1) is 11.8 Å². The Morgan fingerprint density at radius 1 is 1.37 bits per heavy atom. The van der Waals surface area contributed by atoms with E-state index in [9.17, 15) is 4.79 Å². The number of aliphatic hydroxyl groups excluding tert-OH is 1. The van der Waals surface area contributed by atoms with Crippen molar-refractivity contribution >= 4 is 5.91 Å². The summed E-state index contributed by atoms with van der Waals surface area (Å²) in [5.74, 6) is 1.33. The van der Waals surface area contributed by atoms with Crippen molar-refractivity contribution < 1.29 is 9.90 Å². The Bertz CT molecular complexity index is 286. The van der Waals surface area contributed by atoms with Crippen LogP contribution in [-0.2, 0) is 4.79 Å². The molecule has 0 aromatic carbocycles. The molecule has 2 N–H and O–H groups in total. The second-order valence-corrected chi connectivity index (χ2v) is 6.18. The summed E-state index contributed by atoms with van der Waals surface area (Å²) in [6.07, 6.45) is 6.57. The molecule has 0 aromatic heterocycles. The summed E-state index contributed by atoms with van der Waals surface area (Å²) >= 11 is 0. The first-order valence-corrected chi connectivity index (χ1v) is 7.83. The number of carbonyl (C=O) groups excluding carboxylic acids is 1. The molecule has 4 nitrogen and oxygen atoms in total. The minimum absolute atomic E-state index is 0.0849. The minimum Gasteiger partial charge on any atom is -0.395 e. The van der Waals surface area contributed by atoms with Gasteiger partial charge in [0, 0.05) is 19.0 Å². The highest BCUT2D eigenvalue weighted by molar-refractivity contribution is 5.77. The van der Waals surface area contributed by atoms with Crippen molar-refractivity contribution in [1.29, 1.82) is 0 Å². The van der Waals surface area contributed by atoms with Gasteiger partial charge in [0.15, 0.2) is 0 Å². The van der Waals surface area contributed by atoms with Crippen LogP contribution >= 0.6 is 0 Å². The lowest BCUT2D eigenvalue weighted by Crippen LogP contribution is -2.46. The third-order valence-electron chi connectivity index (χ3n) is 4.81. The number of amides is 1. The summed E-state index contributed by atoms with van der Waals surface area (Å²) in [5, 5.41) is 12.6. The second-order valence-electron chi connectivity index (χ2n) is 6.18. The SMILES string of the molecule is CC(CC(=O)N(CCO)C1CCC1)C1CCCNC1. The number of nitrogens with one attached hydrogen (secondary N) is 1. The molecule has 2 atom stereocenters. The van der Waals surface area contributed by atoms with Crippen LogP contribution in [-0.4, -0.2) is 48.2 Å². The number of hydrogen-bond donors (Lipinski definition) is 2. The van der Waals surface area contributed by atoms with Crippen LogP contribution in [0.5, 0.6) is 0 Å². The molecule has 19 heavy (non-hydrogen) atoms. The van der Waals surface area contributed by atoms with Gasteiger partial charge < -0.3 is 15.3 Å². The summed E-state index contributed by atoms with van der Waals surface area (Å²) in [7, 11) is 0. The summed E-state index contributed by atoms with van der Waals surface area (Å²) in [4.78, 5) is 14.3. The van der Waals surface area contributed by atoms with E-state index in [1.807, 2.05) is 4.90 Å². The number of rotatable bonds is 6. The average molecular weight is 268 g/mol. The molecule has 0 bridgehead atoms. The fraction of sp³-hybridized carbons (Fsp3) is 0.933. The second kappa shape index (κ2) is 7.25. The van der Waals surface area contributed by atoms with Crippen molar-refractivity contribution in [3.63, 3.8) is 0 Å². The minimum atomic E-state index is 0.0849. The molecule has 1 aliphatic carbocycles. The average Bonchev–Trinajstić information content (AvgIpc) is 2.37. The highest BCUT2D eigenvalue weighted by Gasteiger charge is 2.30. The fourth-order valence-electron chi connectivity index (χ4n) is 3.24. The van der Waals surface area contributed by atoms with Gasteiger partial charge in [-0.15, -0.1) is 0 Å². The number of aliphatic hydroxyl groups is 1. The first-order chi connectivity index (χ1) is 9.22. The van der Waals surface area contributed by atoms with Crippen molar-refractivity contribution in [2.24, 2.45) is 11.8 Å². The van der Waals surface area contributed by atoms with Crippen molar-refractivity contribution in [3.8, 4) is 0 Å². The van der Waals surface area contributed by atoms with Crippen LogP contribution in [0.25, 0.3) is 0 Å². The molecule has 2 fully saturated rings. The Labute approximate surface area is 116 Å². The molecule has 1 heterocycles. The molecule has 1 saturated carbocycles. The Kier molecular flexibility index (Phi) is 5.64. The van der Waals surface area contributed by atoms with Gasteiger partial charge in [0.1, 0.15) is 0 Å². The van der Waals surface area contributed by atoms with Crippen LogP contribution in [0.1, 0.15) is 45.4 Å². The van der Waals surface area contributed by atoms with E-state index in [1.165, 1.54) is 19.3 Å². The van der Waals surface area contributed by atoms with E-state index in [0.29, 0.717) is 30.8 Å². The zero-order chi connectivity index (χ0) is 13.7. The molecule has 110 valence electrons. The van der Waals surface area contributed by atoms with Gasteiger partial charge in [0.05, 0.1) is 6.61 Å². The van der Waals surface area contributed by atoms with E-state index in [1.54, 1.807) is 0 Å². The van der Waals surface area contributed by atoms with Crippen LogP contribution in [0.15, 0.2) is 0 Å². The highest BCUT2D eigenvalue weighted by Crippen LogP contribution is 2.28.